The summed E-state index contributed by atoms with van der Waals surface area (Å²) < 4.78 is 6.17. The third-order valence-electron chi connectivity index (χ3n) is 4.14. The van der Waals surface area contributed by atoms with Gasteiger partial charge in [-0.3, -0.25) is 0 Å². The van der Waals surface area contributed by atoms with Gasteiger partial charge in [0.05, 0.1) is 18.8 Å². The average Bonchev–Trinajstić information content (AvgIpc) is 2.72. The Labute approximate surface area is 115 Å². The van der Waals surface area contributed by atoms with Crippen molar-refractivity contribution < 1.29 is 9.84 Å². The second kappa shape index (κ2) is 7.04. The molecule has 0 atom stereocenters. The summed E-state index contributed by atoms with van der Waals surface area (Å²) in [7, 11) is 0. The number of ether oxygens (including phenoxy) is 1. The van der Waals surface area contributed by atoms with Gasteiger partial charge in [-0.2, -0.15) is 0 Å². The minimum atomic E-state index is -0.119. The van der Waals surface area contributed by atoms with Crippen molar-refractivity contribution in [2.45, 2.75) is 57.3 Å². The van der Waals surface area contributed by atoms with Gasteiger partial charge in [0, 0.05) is 6.54 Å². The highest BCUT2D eigenvalue weighted by Gasteiger charge is 2.30. The summed E-state index contributed by atoms with van der Waals surface area (Å²) in [6.07, 6.45) is 7.21. The number of hydrogen-bond donors (Lipinski definition) is 2. The Morgan fingerprint density at radius 2 is 1.58 bits per heavy atom. The molecule has 1 aliphatic carbocycles. The van der Waals surface area contributed by atoms with E-state index in [1.54, 1.807) is 0 Å². The molecule has 0 radical (unpaired) electrons. The molecule has 0 saturated heterocycles. The molecular formula is C16H25NO2. The predicted octanol–water partition coefficient (Wildman–Crippen LogP) is 2.75. The van der Waals surface area contributed by atoms with Crippen molar-refractivity contribution in [2.24, 2.45) is 5.73 Å². The van der Waals surface area contributed by atoms with Gasteiger partial charge >= 0.3 is 0 Å². The first-order chi connectivity index (χ1) is 9.28. The normalized spacial score (nSPS) is 19.1. The summed E-state index contributed by atoms with van der Waals surface area (Å²) in [4.78, 5) is 0. The van der Waals surface area contributed by atoms with Crippen molar-refractivity contribution >= 4 is 0 Å². The molecule has 0 aliphatic heterocycles. The molecule has 1 fully saturated rings. The van der Waals surface area contributed by atoms with E-state index in [-0.39, 0.29) is 12.2 Å². The molecule has 3 N–H and O–H groups in total. The molecule has 0 spiro atoms. The molecule has 1 aromatic carbocycles. The summed E-state index contributed by atoms with van der Waals surface area (Å²) in [5, 5.41) is 9.02. The molecule has 0 heterocycles. The number of nitrogens with two attached hydrogens (primary N) is 1. The maximum absolute atomic E-state index is 9.02. The van der Waals surface area contributed by atoms with Crippen molar-refractivity contribution in [3.63, 3.8) is 0 Å². The van der Waals surface area contributed by atoms with Gasteiger partial charge in [0.15, 0.2) is 0 Å². The van der Waals surface area contributed by atoms with E-state index < -0.39 is 0 Å². The maximum Gasteiger partial charge on any atom is 0.0808 e. The average molecular weight is 263 g/mol. The maximum atomic E-state index is 9.02. The van der Waals surface area contributed by atoms with Crippen LogP contribution in [0.15, 0.2) is 24.3 Å². The predicted molar refractivity (Wildman–Crippen MR) is 76.6 cm³/mol. The van der Waals surface area contributed by atoms with E-state index >= 15 is 0 Å². The second-order valence-corrected chi connectivity index (χ2v) is 5.56. The third kappa shape index (κ3) is 4.03. The van der Waals surface area contributed by atoms with E-state index in [2.05, 4.69) is 0 Å². The molecule has 106 valence electrons. The molecule has 19 heavy (non-hydrogen) atoms. The Hall–Kier alpha value is -0.900. The highest BCUT2D eigenvalue weighted by atomic mass is 16.5. The van der Waals surface area contributed by atoms with Gasteiger partial charge in [-0.1, -0.05) is 49.9 Å². The first-order valence-corrected chi connectivity index (χ1v) is 7.31. The molecule has 3 nitrogen and oxygen atoms in total. The van der Waals surface area contributed by atoms with E-state index in [4.69, 9.17) is 15.6 Å². The Morgan fingerprint density at radius 3 is 2.11 bits per heavy atom. The van der Waals surface area contributed by atoms with Crippen LogP contribution in [0.3, 0.4) is 0 Å². The van der Waals surface area contributed by atoms with Crippen LogP contribution in [0.2, 0.25) is 0 Å². The van der Waals surface area contributed by atoms with Gasteiger partial charge in [-0.05, 0) is 24.0 Å². The topological polar surface area (TPSA) is 55.5 Å². The molecule has 3 heteroatoms. The number of benzene rings is 1. The molecule has 1 saturated carbocycles. The van der Waals surface area contributed by atoms with Crippen molar-refractivity contribution in [1.82, 2.24) is 0 Å². The molecule has 0 amide bonds. The van der Waals surface area contributed by atoms with Crippen LogP contribution in [-0.2, 0) is 18.0 Å². The van der Waals surface area contributed by atoms with E-state index in [9.17, 15) is 0 Å². The monoisotopic (exact) mass is 263 g/mol. The summed E-state index contributed by atoms with van der Waals surface area (Å²) in [6, 6.07) is 7.93. The molecule has 0 bridgehead atoms. The van der Waals surface area contributed by atoms with Crippen LogP contribution in [0.1, 0.15) is 49.7 Å². The van der Waals surface area contributed by atoms with Crippen LogP contribution >= 0.6 is 0 Å². The Morgan fingerprint density at radius 1 is 1.00 bits per heavy atom. The van der Waals surface area contributed by atoms with Crippen LogP contribution in [0.25, 0.3) is 0 Å². The summed E-state index contributed by atoms with van der Waals surface area (Å²) >= 11 is 0. The first kappa shape index (κ1) is 14.5. The van der Waals surface area contributed by atoms with Gasteiger partial charge in [0.1, 0.15) is 0 Å². The van der Waals surface area contributed by atoms with Crippen molar-refractivity contribution in [3.05, 3.63) is 35.4 Å². The van der Waals surface area contributed by atoms with Crippen LogP contribution in [0.4, 0.5) is 0 Å². The fourth-order valence-electron chi connectivity index (χ4n) is 2.76. The Balaban J connectivity index is 1.94. The minimum absolute atomic E-state index is 0.0911. The number of hydrogen-bond acceptors (Lipinski definition) is 3. The van der Waals surface area contributed by atoms with Gasteiger partial charge in [0.2, 0.25) is 0 Å². The third-order valence-corrected chi connectivity index (χ3v) is 4.14. The van der Waals surface area contributed by atoms with Gasteiger partial charge in [-0.25, -0.2) is 0 Å². The Bertz CT molecular complexity index is 367. The molecule has 1 aromatic rings. The smallest absolute Gasteiger partial charge is 0.0808 e. The lowest BCUT2D eigenvalue weighted by molar-refractivity contribution is -0.0602. The SMILES string of the molecule is NCC1(OCc2ccc(CO)cc2)CCCCCC1. The summed E-state index contributed by atoms with van der Waals surface area (Å²) in [6.45, 7) is 1.32. The zero-order valence-corrected chi connectivity index (χ0v) is 11.6. The van der Waals surface area contributed by atoms with E-state index in [0.29, 0.717) is 13.2 Å². The van der Waals surface area contributed by atoms with Crippen LogP contribution in [0, 0.1) is 0 Å². The lowest BCUT2D eigenvalue weighted by atomic mass is 9.94. The fourth-order valence-corrected chi connectivity index (χ4v) is 2.76. The standard InChI is InChI=1S/C16H25NO2/c17-13-16(9-3-1-2-4-10-16)19-12-15-7-5-14(11-18)6-8-15/h5-8,18H,1-4,9-13,17H2. The summed E-state index contributed by atoms with van der Waals surface area (Å²) in [5.41, 5.74) is 7.92. The highest BCUT2D eigenvalue weighted by molar-refractivity contribution is 5.21. The van der Waals surface area contributed by atoms with Crippen molar-refractivity contribution in [1.29, 1.82) is 0 Å². The van der Waals surface area contributed by atoms with Crippen LogP contribution < -0.4 is 5.73 Å². The van der Waals surface area contributed by atoms with Gasteiger partial charge in [0.25, 0.3) is 0 Å². The summed E-state index contributed by atoms with van der Waals surface area (Å²) in [5.74, 6) is 0. The second-order valence-electron chi connectivity index (χ2n) is 5.56. The highest BCUT2D eigenvalue weighted by Crippen LogP contribution is 2.30. The van der Waals surface area contributed by atoms with E-state index in [1.807, 2.05) is 24.3 Å². The van der Waals surface area contributed by atoms with Gasteiger partial charge < -0.3 is 15.6 Å². The molecule has 0 aromatic heterocycles. The number of rotatable bonds is 5. The molecular weight excluding hydrogens is 238 g/mol. The zero-order chi connectivity index (χ0) is 13.6. The fraction of sp³-hybridized carbons (Fsp3) is 0.625. The van der Waals surface area contributed by atoms with Gasteiger partial charge in [-0.15, -0.1) is 0 Å². The molecule has 2 rings (SSSR count). The largest absolute Gasteiger partial charge is 0.392 e. The molecule has 0 unspecified atom stereocenters. The molecule has 1 aliphatic rings. The lowest BCUT2D eigenvalue weighted by Gasteiger charge is -2.31. The Kier molecular flexibility index (Phi) is 5.37. The number of aliphatic hydroxyl groups is 1. The first-order valence-electron chi connectivity index (χ1n) is 7.31. The van der Waals surface area contributed by atoms with Crippen molar-refractivity contribution in [3.8, 4) is 0 Å². The van der Waals surface area contributed by atoms with Crippen LogP contribution in [0.5, 0.6) is 0 Å². The zero-order valence-electron chi connectivity index (χ0n) is 11.6. The lowest BCUT2D eigenvalue weighted by Crippen LogP contribution is -2.40. The van der Waals surface area contributed by atoms with E-state index in [1.165, 1.54) is 25.7 Å². The van der Waals surface area contributed by atoms with Crippen molar-refractivity contribution in [2.75, 3.05) is 6.54 Å². The van der Waals surface area contributed by atoms with Crippen LogP contribution in [-0.4, -0.2) is 17.3 Å². The van der Waals surface area contributed by atoms with E-state index in [0.717, 1.165) is 24.0 Å². The quantitative estimate of drug-likeness (QED) is 0.803. The number of aliphatic hydroxyl groups excluding tert-OH is 1. The minimum Gasteiger partial charge on any atom is -0.392 e.